The molecule has 1 aromatic carbocycles. The van der Waals surface area contributed by atoms with Crippen molar-refractivity contribution in [1.29, 1.82) is 0 Å². The molecular formula is C18H24N4O. The standard InChI is InChI=1S/C18H24N4O/c1-15(14-22-10-4-9-20-22)13-19-18(23)21-11-7-16-5-2-3-6-17(16)8-12-21/h2-6,9-10,15H,7-8,11-14H2,1H3,(H,19,23)/t15-/m0/s1. The van der Waals surface area contributed by atoms with Gasteiger partial charge in [-0.3, -0.25) is 4.68 Å². The third kappa shape index (κ3) is 4.12. The van der Waals surface area contributed by atoms with E-state index in [4.69, 9.17) is 0 Å². The lowest BCUT2D eigenvalue weighted by molar-refractivity contribution is 0.198. The number of hydrogen-bond donors (Lipinski definition) is 1. The van der Waals surface area contributed by atoms with Gasteiger partial charge < -0.3 is 10.2 Å². The Bertz CT molecular complexity index is 611. The third-order valence-corrected chi connectivity index (χ3v) is 4.37. The highest BCUT2D eigenvalue weighted by Gasteiger charge is 2.18. The topological polar surface area (TPSA) is 50.2 Å². The van der Waals surface area contributed by atoms with Gasteiger partial charge in [0.2, 0.25) is 0 Å². The monoisotopic (exact) mass is 312 g/mol. The van der Waals surface area contributed by atoms with E-state index in [-0.39, 0.29) is 6.03 Å². The van der Waals surface area contributed by atoms with Crippen molar-refractivity contribution in [2.24, 2.45) is 5.92 Å². The molecule has 1 aliphatic rings. The summed E-state index contributed by atoms with van der Waals surface area (Å²) in [5.41, 5.74) is 2.74. The fraction of sp³-hybridized carbons (Fsp3) is 0.444. The van der Waals surface area contributed by atoms with Gasteiger partial charge in [0, 0.05) is 38.6 Å². The Kier molecular flexibility index (Phi) is 4.95. The van der Waals surface area contributed by atoms with E-state index in [1.807, 2.05) is 21.8 Å². The lowest BCUT2D eigenvalue weighted by atomic mass is 10.0. The number of amides is 2. The van der Waals surface area contributed by atoms with E-state index in [0.29, 0.717) is 12.5 Å². The second-order valence-electron chi connectivity index (χ2n) is 6.28. The first-order valence-electron chi connectivity index (χ1n) is 8.29. The number of benzene rings is 1. The van der Waals surface area contributed by atoms with Crippen LogP contribution in [0.1, 0.15) is 18.1 Å². The van der Waals surface area contributed by atoms with Crippen LogP contribution >= 0.6 is 0 Å². The molecule has 122 valence electrons. The molecule has 5 nitrogen and oxygen atoms in total. The SMILES string of the molecule is C[C@@H](CNC(=O)N1CCc2ccccc2CC1)Cn1cccn1. The average Bonchev–Trinajstić information content (AvgIpc) is 2.97. The zero-order valence-corrected chi connectivity index (χ0v) is 13.6. The molecular weight excluding hydrogens is 288 g/mol. The maximum Gasteiger partial charge on any atom is 0.317 e. The van der Waals surface area contributed by atoms with E-state index in [1.165, 1.54) is 11.1 Å². The number of nitrogens with zero attached hydrogens (tertiary/aromatic N) is 3. The van der Waals surface area contributed by atoms with Gasteiger partial charge in [-0.25, -0.2) is 4.79 Å². The Hall–Kier alpha value is -2.30. The summed E-state index contributed by atoms with van der Waals surface area (Å²) in [5, 5.41) is 7.27. The van der Waals surface area contributed by atoms with Gasteiger partial charge in [-0.1, -0.05) is 31.2 Å². The second kappa shape index (κ2) is 7.31. The van der Waals surface area contributed by atoms with E-state index in [9.17, 15) is 4.79 Å². The number of nitrogens with one attached hydrogen (secondary N) is 1. The predicted octanol–water partition coefficient (Wildman–Crippen LogP) is 2.33. The molecule has 0 fully saturated rings. The Morgan fingerprint density at radius 2 is 1.91 bits per heavy atom. The number of carbonyl (C=O) groups excluding carboxylic acids is 1. The van der Waals surface area contributed by atoms with Crippen LogP contribution < -0.4 is 5.32 Å². The van der Waals surface area contributed by atoms with Crippen LogP contribution in [-0.2, 0) is 19.4 Å². The van der Waals surface area contributed by atoms with Gasteiger partial charge in [0.05, 0.1) is 0 Å². The molecule has 1 aliphatic heterocycles. The van der Waals surface area contributed by atoms with Crippen molar-refractivity contribution >= 4 is 6.03 Å². The van der Waals surface area contributed by atoms with Crippen molar-refractivity contribution < 1.29 is 4.79 Å². The number of carbonyl (C=O) groups is 1. The quantitative estimate of drug-likeness (QED) is 0.942. The van der Waals surface area contributed by atoms with E-state index in [1.54, 1.807) is 6.20 Å². The summed E-state index contributed by atoms with van der Waals surface area (Å²) in [6.07, 6.45) is 5.60. The first-order valence-corrected chi connectivity index (χ1v) is 8.29. The van der Waals surface area contributed by atoms with E-state index in [0.717, 1.165) is 32.5 Å². The maximum atomic E-state index is 12.4. The zero-order chi connectivity index (χ0) is 16.1. The molecule has 1 atom stereocenters. The van der Waals surface area contributed by atoms with Crippen LogP contribution in [-0.4, -0.2) is 40.3 Å². The zero-order valence-electron chi connectivity index (χ0n) is 13.6. The minimum atomic E-state index is 0.0464. The highest BCUT2D eigenvalue weighted by Crippen LogP contribution is 2.15. The van der Waals surface area contributed by atoms with Crippen molar-refractivity contribution in [2.45, 2.75) is 26.3 Å². The van der Waals surface area contributed by atoms with Gasteiger partial charge in [0.15, 0.2) is 0 Å². The summed E-state index contributed by atoms with van der Waals surface area (Å²) in [4.78, 5) is 14.3. The summed E-state index contributed by atoms with van der Waals surface area (Å²) in [6.45, 7) is 5.19. The van der Waals surface area contributed by atoms with Gasteiger partial charge in [-0.05, 0) is 36.0 Å². The summed E-state index contributed by atoms with van der Waals surface area (Å²) >= 11 is 0. The number of fused-ring (bicyclic) bond motifs is 1. The highest BCUT2D eigenvalue weighted by atomic mass is 16.2. The van der Waals surface area contributed by atoms with Gasteiger partial charge in [0.1, 0.15) is 0 Å². The summed E-state index contributed by atoms with van der Waals surface area (Å²) in [6, 6.07) is 10.5. The van der Waals surface area contributed by atoms with Crippen molar-refractivity contribution in [3.05, 3.63) is 53.9 Å². The van der Waals surface area contributed by atoms with Crippen LogP contribution in [0.15, 0.2) is 42.7 Å². The van der Waals surface area contributed by atoms with Crippen LogP contribution in [0.3, 0.4) is 0 Å². The Balaban J connectivity index is 1.47. The highest BCUT2D eigenvalue weighted by molar-refractivity contribution is 5.74. The fourth-order valence-electron chi connectivity index (χ4n) is 3.04. The van der Waals surface area contributed by atoms with Crippen molar-refractivity contribution in [2.75, 3.05) is 19.6 Å². The smallest absolute Gasteiger partial charge is 0.317 e. The van der Waals surface area contributed by atoms with Crippen LogP contribution in [0.2, 0.25) is 0 Å². The first-order chi connectivity index (χ1) is 11.2. The molecule has 2 heterocycles. The van der Waals surface area contributed by atoms with Gasteiger partial charge in [-0.15, -0.1) is 0 Å². The van der Waals surface area contributed by atoms with Gasteiger partial charge in [0.25, 0.3) is 0 Å². The molecule has 0 unspecified atom stereocenters. The van der Waals surface area contributed by atoms with Crippen molar-refractivity contribution in [3.8, 4) is 0 Å². The summed E-state index contributed by atoms with van der Waals surface area (Å²) < 4.78 is 1.90. The molecule has 3 rings (SSSR count). The number of urea groups is 1. The number of hydrogen-bond acceptors (Lipinski definition) is 2. The van der Waals surface area contributed by atoms with E-state index >= 15 is 0 Å². The fourth-order valence-corrected chi connectivity index (χ4v) is 3.04. The predicted molar refractivity (Wildman–Crippen MR) is 90.2 cm³/mol. The van der Waals surface area contributed by atoms with E-state index < -0.39 is 0 Å². The lowest BCUT2D eigenvalue weighted by Gasteiger charge is -2.22. The largest absolute Gasteiger partial charge is 0.338 e. The Morgan fingerprint density at radius 1 is 1.22 bits per heavy atom. The number of rotatable bonds is 4. The first kappa shape index (κ1) is 15.6. The molecule has 1 N–H and O–H groups in total. The van der Waals surface area contributed by atoms with E-state index in [2.05, 4.69) is 41.6 Å². The molecule has 1 aromatic heterocycles. The van der Waals surface area contributed by atoms with Gasteiger partial charge in [-0.2, -0.15) is 5.10 Å². The minimum absolute atomic E-state index is 0.0464. The van der Waals surface area contributed by atoms with Gasteiger partial charge >= 0.3 is 6.03 Å². The molecule has 0 saturated carbocycles. The minimum Gasteiger partial charge on any atom is -0.338 e. The number of aromatic nitrogens is 2. The van der Waals surface area contributed by atoms with Crippen LogP contribution in [0.25, 0.3) is 0 Å². The molecule has 2 amide bonds. The van der Waals surface area contributed by atoms with Crippen LogP contribution in [0, 0.1) is 5.92 Å². The molecule has 23 heavy (non-hydrogen) atoms. The normalized spacial score (nSPS) is 15.6. The molecule has 0 aliphatic carbocycles. The second-order valence-corrected chi connectivity index (χ2v) is 6.28. The maximum absolute atomic E-state index is 12.4. The van der Waals surface area contributed by atoms with Crippen LogP contribution in [0.4, 0.5) is 4.79 Å². The van der Waals surface area contributed by atoms with Crippen LogP contribution in [0.5, 0.6) is 0 Å². The molecule has 0 saturated heterocycles. The Labute approximate surface area is 137 Å². The average molecular weight is 312 g/mol. The molecule has 0 spiro atoms. The van der Waals surface area contributed by atoms with Crippen molar-refractivity contribution in [3.63, 3.8) is 0 Å². The summed E-state index contributed by atoms with van der Waals surface area (Å²) in [7, 11) is 0. The molecule has 5 heteroatoms. The lowest BCUT2D eigenvalue weighted by Crippen LogP contribution is -2.43. The Morgan fingerprint density at radius 3 is 2.52 bits per heavy atom. The van der Waals surface area contributed by atoms with Crippen molar-refractivity contribution in [1.82, 2.24) is 20.0 Å². The summed E-state index contributed by atoms with van der Waals surface area (Å²) in [5.74, 6) is 0.350. The molecule has 2 aromatic rings. The molecule has 0 radical (unpaired) electrons. The third-order valence-electron chi connectivity index (χ3n) is 4.37. The molecule has 0 bridgehead atoms.